The summed E-state index contributed by atoms with van der Waals surface area (Å²) in [5, 5.41) is 3.00. The molecular weight excluding hydrogens is 443 g/mol. The summed E-state index contributed by atoms with van der Waals surface area (Å²) < 4.78 is 18.7. The Bertz CT molecular complexity index is 1080. The zero-order valence-corrected chi connectivity index (χ0v) is 20.5. The third kappa shape index (κ3) is 7.95. The van der Waals surface area contributed by atoms with Crippen molar-refractivity contribution in [1.82, 2.24) is 10.2 Å². The molecule has 0 aliphatic heterocycles. The monoisotopic (exact) mass is 476 g/mol. The van der Waals surface area contributed by atoms with Gasteiger partial charge in [0.2, 0.25) is 11.8 Å². The highest BCUT2D eigenvalue weighted by Crippen LogP contribution is 2.18. The van der Waals surface area contributed by atoms with Crippen LogP contribution in [-0.2, 0) is 29.0 Å². The van der Waals surface area contributed by atoms with E-state index in [2.05, 4.69) is 5.32 Å². The Balaban J connectivity index is 1.93. The van der Waals surface area contributed by atoms with Crippen LogP contribution in [-0.4, -0.2) is 36.4 Å². The van der Waals surface area contributed by atoms with Gasteiger partial charge in [-0.3, -0.25) is 9.59 Å². The highest BCUT2D eigenvalue weighted by molar-refractivity contribution is 5.88. The fraction of sp³-hybridized carbons (Fsp3) is 0.310. The first-order valence-electron chi connectivity index (χ1n) is 11.8. The van der Waals surface area contributed by atoms with Gasteiger partial charge in [0, 0.05) is 19.5 Å². The predicted molar refractivity (Wildman–Crippen MR) is 135 cm³/mol. The Morgan fingerprint density at radius 2 is 1.51 bits per heavy atom. The quantitative estimate of drug-likeness (QED) is 0.433. The molecule has 0 heterocycles. The van der Waals surface area contributed by atoms with Crippen LogP contribution in [0.4, 0.5) is 4.39 Å². The van der Waals surface area contributed by atoms with E-state index < -0.39 is 6.04 Å². The third-order valence-corrected chi connectivity index (χ3v) is 5.74. The van der Waals surface area contributed by atoms with Crippen LogP contribution in [0.15, 0.2) is 78.9 Å². The van der Waals surface area contributed by atoms with E-state index in [4.69, 9.17) is 4.74 Å². The molecule has 1 atom stereocenters. The predicted octanol–water partition coefficient (Wildman–Crippen LogP) is 4.79. The summed E-state index contributed by atoms with van der Waals surface area (Å²) in [5.41, 5.74) is 2.53. The van der Waals surface area contributed by atoms with Crippen LogP contribution in [0.25, 0.3) is 0 Å². The fourth-order valence-corrected chi connectivity index (χ4v) is 3.78. The lowest BCUT2D eigenvalue weighted by Gasteiger charge is -2.32. The van der Waals surface area contributed by atoms with Crippen LogP contribution in [0, 0.1) is 11.7 Å². The van der Waals surface area contributed by atoms with Crippen LogP contribution in [0.2, 0.25) is 0 Å². The van der Waals surface area contributed by atoms with Crippen LogP contribution >= 0.6 is 0 Å². The van der Waals surface area contributed by atoms with Crippen LogP contribution in [0.1, 0.15) is 30.5 Å². The lowest BCUT2D eigenvalue weighted by molar-refractivity contribution is -0.140. The van der Waals surface area contributed by atoms with E-state index in [9.17, 15) is 14.0 Å². The normalized spacial score (nSPS) is 11.7. The molecule has 0 aromatic heterocycles. The number of hydrogen-bond donors (Lipinski definition) is 1. The number of amides is 2. The minimum absolute atomic E-state index is 0.133. The number of benzene rings is 3. The van der Waals surface area contributed by atoms with Gasteiger partial charge in [-0.25, -0.2) is 4.39 Å². The summed E-state index contributed by atoms with van der Waals surface area (Å²) in [7, 11) is 1.59. The molecule has 35 heavy (non-hydrogen) atoms. The Morgan fingerprint density at radius 1 is 0.886 bits per heavy atom. The SMILES string of the molecule is COc1ccc(CC(=O)N(Cc2ccc(F)cc2)[C@H](Cc2ccccc2)C(=O)NCC(C)C)cc1. The maximum absolute atomic E-state index is 13.7. The van der Waals surface area contributed by atoms with E-state index in [1.807, 2.05) is 68.4 Å². The van der Waals surface area contributed by atoms with Gasteiger partial charge in [0.25, 0.3) is 0 Å². The highest BCUT2D eigenvalue weighted by atomic mass is 19.1. The van der Waals surface area contributed by atoms with Crippen molar-refractivity contribution in [3.8, 4) is 5.75 Å². The van der Waals surface area contributed by atoms with Gasteiger partial charge in [-0.1, -0.05) is 68.4 Å². The van der Waals surface area contributed by atoms with E-state index in [-0.39, 0.29) is 36.5 Å². The number of carbonyl (C=O) groups excluding carboxylic acids is 2. The average Bonchev–Trinajstić information content (AvgIpc) is 2.86. The molecule has 0 radical (unpaired) electrons. The van der Waals surface area contributed by atoms with Crippen molar-refractivity contribution in [3.63, 3.8) is 0 Å². The van der Waals surface area contributed by atoms with Gasteiger partial charge >= 0.3 is 0 Å². The van der Waals surface area contributed by atoms with Gasteiger partial charge in [0.05, 0.1) is 13.5 Å². The summed E-state index contributed by atoms with van der Waals surface area (Å²) in [6.45, 7) is 4.76. The molecule has 0 saturated heterocycles. The Morgan fingerprint density at radius 3 is 2.11 bits per heavy atom. The molecule has 0 saturated carbocycles. The summed E-state index contributed by atoms with van der Waals surface area (Å²) in [6, 6.07) is 22.3. The van der Waals surface area contributed by atoms with Gasteiger partial charge < -0.3 is 15.0 Å². The van der Waals surface area contributed by atoms with Crippen molar-refractivity contribution in [2.24, 2.45) is 5.92 Å². The van der Waals surface area contributed by atoms with Crippen LogP contribution in [0.3, 0.4) is 0 Å². The Hall–Kier alpha value is -3.67. The molecule has 0 fully saturated rings. The molecule has 0 bridgehead atoms. The van der Waals surface area contributed by atoms with E-state index in [1.165, 1.54) is 12.1 Å². The number of halogens is 1. The molecule has 3 rings (SSSR count). The second-order valence-electron chi connectivity index (χ2n) is 9.02. The smallest absolute Gasteiger partial charge is 0.243 e. The molecule has 0 aliphatic rings. The van der Waals surface area contributed by atoms with E-state index in [0.717, 1.165) is 16.7 Å². The standard InChI is InChI=1S/C29H33FN2O3/c1-21(2)19-31-29(34)27(17-22-7-5-4-6-8-22)32(20-24-9-13-25(30)14-10-24)28(33)18-23-11-15-26(35-3)16-12-23/h4-16,21,27H,17-20H2,1-3H3,(H,31,34)/t27-/m1/s1. The molecule has 3 aromatic rings. The number of methoxy groups -OCH3 is 1. The number of carbonyl (C=O) groups is 2. The zero-order valence-electron chi connectivity index (χ0n) is 20.5. The first-order valence-corrected chi connectivity index (χ1v) is 11.8. The molecule has 0 spiro atoms. The highest BCUT2D eigenvalue weighted by Gasteiger charge is 2.30. The summed E-state index contributed by atoms with van der Waals surface area (Å²) in [5.74, 6) is 0.254. The van der Waals surface area contributed by atoms with Gasteiger partial charge in [-0.2, -0.15) is 0 Å². The second kappa shape index (κ2) is 12.7. The maximum Gasteiger partial charge on any atom is 0.243 e. The number of hydrogen-bond acceptors (Lipinski definition) is 3. The van der Waals surface area contributed by atoms with Gasteiger partial charge in [0.1, 0.15) is 17.6 Å². The van der Waals surface area contributed by atoms with Crippen molar-refractivity contribution in [2.45, 2.75) is 39.3 Å². The fourth-order valence-electron chi connectivity index (χ4n) is 3.78. The third-order valence-electron chi connectivity index (χ3n) is 5.74. The largest absolute Gasteiger partial charge is 0.497 e. The summed E-state index contributed by atoms with van der Waals surface area (Å²) in [4.78, 5) is 28.7. The van der Waals surface area contributed by atoms with Gasteiger partial charge in [0.15, 0.2) is 0 Å². The molecule has 5 nitrogen and oxygen atoms in total. The summed E-state index contributed by atoms with van der Waals surface area (Å²) in [6.07, 6.45) is 0.508. The Labute approximate surface area is 206 Å². The van der Waals surface area contributed by atoms with Crippen molar-refractivity contribution in [1.29, 1.82) is 0 Å². The zero-order chi connectivity index (χ0) is 25.2. The van der Waals surface area contributed by atoms with E-state index >= 15 is 0 Å². The topological polar surface area (TPSA) is 58.6 Å². The van der Waals surface area contributed by atoms with Gasteiger partial charge in [-0.05, 0) is 46.9 Å². The first-order chi connectivity index (χ1) is 16.9. The molecule has 0 unspecified atom stereocenters. The lowest BCUT2D eigenvalue weighted by atomic mass is 10.0. The molecule has 2 amide bonds. The number of nitrogens with one attached hydrogen (secondary N) is 1. The number of nitrogens with zero attached hydrogens (tertiary/aromatic N) is 1. The molecule has 0 aliphatic carbocycles. The van der Waals surface area contributed by atoms with Crippen molar-refractivity contribution in [3.05, 3.63) is 101 Å². The van der Waals surface area contributed by atoms with Crippen molar-refractivity contribution >= 4 is 11.8 Å². The van der Waals surface area contributed by atoms with E-state index in [1.54, 1.807) is 24.1 Å². The van der Waals surface area contributed by atoms with E-state index in [0.29, 0.717) is 18.7 Å². The lowest BCUT2D eigenvalue weighted by Crippen LogP contribution is -2.51. The molecule has 1 N–H and O–H groups in total. The minimum Gasteiger partial charge on any atom is -0.497 e. The van der Waals surface area contributed by atoms with Crippen LogP contribution in [0.5, 0.6) is 5.75 Å². The Kier molecular flexibility index (Phi) is 9.41. The minimum atomic E-state index is -0.716. The van der Waals surface area contributed by atoms with Crippen molar-refractivity contribution in [2.75, 3.05) is 13.7 Å². The maximum atomic E-state index is 13.7. The average molecular weight is 477 g/mol. The van der Waals surface area contributed by atoms with Crippen LogP contribution < -0.4 is 10.1 Å². The van der Waals surface area contributed by atoms with Gasteiger partial charge in [-0.15, -0.1) is 0 Å². The molecule has 6 heteroatoms. The summed E-state index contributed by atoms with van der Waals surface area (Å²) >= 11 is 0. The molecular formula is C29H33FN2O3. The molecule has 3 aromatic carbocycles. The number of rotatable bonds is 11. The molecule has 184 valence electrons. The van der Waals surface area contributed by atoms with Crippen molar-refractivity contribution < 1.29 is 18.7 Å². The second-order valence-corrected chi connectivity index (χ2v) is 9.02. The first kappa shape index (κ1) is 25.9. The number of ether oxygens (including phenoxy) is 1.